The zero-order chi connectivity index (χ0) is 13.7. The van der Waals surface area contributed by atoms with E-state index in [1.54, 1.807) is 0 Å². The molecule has 0 radical (unpaired) electrons. The minimum Gasteiger partial charge on any atom is -0.494 e. The second-order valence-electron chi connectivity index (χ2n) is 5.76. The average molecular weight is 263 g/mol. The highest BCUT2D eigenvalue weighted by Gasteiger charge is 2.28. The lowest BCUT2D eigenvalue weighted by atomic mass is 9.94. The Bertz CT molecular complexity index is 403. The summed E-state index contributed by atoms with van der Waals surface area (Å²) in [7, 11) is 0. The summed E-state index contributed by atoms with van der Waals surface area (Å²) in [6, 6.07) is 8.85. The van der Waals surface area contributed by atoms with Crippen LogP contribution in [0.1, 0.15) is 39.2 Å². The van der Waals surface area contributed by atoms with E-state index in [2.05, 4.69) is 37.4 Å². The van der Waals surface area contributed by atoms with Gasteiger partial charge >= 0.3 is 0 Å². The molecule has 1 atom stereocenters. The first-order valence-corrected chi connectivity index (χ1v) is 7.18. The smallest absolute Gasteiger partial charge is 0.119 e. The summed E-state index contributed by atoms with van der Waals surface area (Å²) >= 11 is 0. The lowest BCUT2D eigenvalue weighted by Crippen LogP contribution is -2.43. The Balaban J connectivity index is 1.86. The van der Waals surface area contributed by atoms with Crippen molar-refractivity contribution in [3.63, 3.8) is 0 Å². The molecule has 1 N–H and O–H groups in total. The summed E-state index contributed by atoms with van der Waals surface area (Å²) in [6.45, 7) is 8.79. The van der Waals surface area contributed by atoms with Gasteiger partial charge in [0.15, 0.2) is 0 Å². The van der Waals surface area contributed by atoms with E-state index in [1.807, 2.05) is 13.0 Å². The van der Waals surface area contributed by atoms with Gasteiger partial charge in [0.05, 0.1) is 12.2 Å². The highest BCUT2D eigenvalue weighted by Crippen LogP contribution is 2.24. The minimum atomic E-state index is 0.00306. The van der Waals surface area contributed by atoms with Crippen molar-refractivity contribution >= 4 is 0 Å². The normalized spacial score (nSPS) is 22.2. The highest BCUT2D eigenvalue weighted by molar-refractivity contribution is 5.28. The van der Waals surface area contributed by atoms with E-state index in [-0.39, 0.29) is 5.60 Å². The number of ether oxygens (including phenoxy) is 2. The number of benzene rings is 1. The van der Waals surface area contributed by atoms with Crippen LogP contribution in [-0.2, 0) is 11.3 Å². The first-order valence-electron chi connectivity index (χ1n) is 7.18. The van der Waals surface area contributed by atoms with Crippen LogP contribution in [0, 0.1) is 0 Å². The fourth-order valence-corrected chi connectivity index (χ4v) is 2.58. The topological polar surface area (TPSA) is 30.5 Å². The minimum absolute atomic E-state index is 0.00306. The molecule has 0 aliphatic carbocycles. The summed E-state index contributed by atoms with van der Waals surface area (Å²) in [6.07, 6.45) is 2.16. The Morgan fingerprint density at radius 3 is 3.00 bits per heavy atom. The van der Waals surface area contributed by atoms with Crippen molar-refractivity contribution in [1.29, 1.82) is 0 Å². The summed E-state index contributed by atoms with van der Waals surface area (Å²) in [4.78, 5) is 0. The van der Waals surface area contributed by atoms with Crippen LogP contribution in [0.4, 0.5) is 0 Å². The van der Waals surface area contributed by atoms with Gasteiger partial charge in [-0.3, -0.25) is 0 Å². The summed E-state index contributed by atoms with van der Waals surface area (Å²) < 4.78 is 11.3. The lowest BCUT2D eigenvalue weighted by molar-refractivity contribution is -0.0630. The molecule has 0 aromatic heterocycles. The summed E-state index contributed by atoms with van der Waals surface area (Å²) in [5.41, 5.74) is 1.28. The van der Waals surface area contributed by atoms with Gasteiger partial charge in [0.25, 0.3) is 0 Å². The molecule has 3 nitrogen and oxygen atoms in total. The number of hydrogen-bond donors (Lipinski definition) is 1. The SMILES string of the molecule is CCOc1cccc(CNC2CCOC(C)(C)C2)c1. The Labute approximate surface area is 116 Å². The van der Waals surface area contributed by atoms with Gasteiger partial charge < -0.3 is 14.8 Å². The fourth-order valence-electron chi connectivity index (χ4n) is 2.58. The Hall–Kier alpha value is -1.06. The quantitative estimate of drug-likeness (QED) is 0.885. The van der Waals surface area contributed by atoms with Crippen molar-refractivity contribution in [2.45, 2.75) is 51.8 Å². The van der Waals surface area contributed by atoms with Crippen LogP contribution in [0.3, 0.4) is 0 Å². The largest absolute Gasteiger partial charge is 0.494 e. The number of rotatable bonds is 5. The lowest BCUT2D eigenvalue weighted by Gasteiger charge is -2.36. The third kappa shape index (κ3) is 4.51. The van der Waals surface area contributed by atoms with Gasteiger partial charge in [0.2, 0.25) is 0 Å². The maximum absolute atomic E-state index is 5.74. The van der Waals surface area contributed by atoms with Crippen LogP contribution in [0.25, 0.3) is 0 Å². The van der Waals surface area contributed by atoms with Crippen molar-refractivity contribution in [2.75, 3.05) is 13.2 Å². The first kappa shape index (κ1) is 14.4. The van der Waals surface area contributed by atoms with Gasteiger partial charge in [-0.15, -0.1) is 0 Å². The molecule has 106 valence electrons. The van der Waals surface area contributed by atoms with Crippen LogP contribution in [0.5, 0.6) is 5.75 Å². The molecule has 0 bridgehead atoms. The van der Waals surface area contributed by atoms with E-state index in [4.69, 9.17) is 9.47 Å². The Morgan fingerprint density at radius 2 is 2.26 bits per heavy atom. The average Bonchev–Trinajstić information content (AvgIpc) is 2.36. The first-order chi connectivity index (χ1) is 9.09. The molecular weight excluding hydrogens is 238 g/mol. The molecule has 0 saturated carbocycles. The van der Waals surface area contributed by atoms with E-state index in [0.717, 1.165) is 31.7 Å². The second kappa shape index (κ2) is 6.40. The monoisotopic (exact) mass is 263 g/mol. The predicted octanol–water partition coefficient (Wildman–Crippen LogP) is 3.13. The molecule has 1 fully saturated rings. The van der Waals surface area contributed by atoms with Gasteiger partial charge in [-0.25, -0.2) is 0 Å². The van der Waals surface area contributed by atoms with Gasteiger partial charge in [-0.2, -0.15) is 0 Å². The van der Waals surface area contributed by atoms with E-state index in [9.17, 15) is 0 Å². The molecule has 1 aliphatic rings. The zero-order valence-electron chi connectivity index (χ0n) is 12.2. The Morgan fingerprint density at radius 1 is 1.42 bits per heavy atom. The van der Waals surface area contributed by atoms with E-state index >= 15 is 0 Å². The number of hydrogen-bond acceptors (Lipinski definition) is 3. The van der Waals surface area contributed by atoms with Crippen molar-refractivity contribution in [3.8, 4) is 5.75 Å². The van der Waals surface area contributed by atoms with Crippen LogP contribution in [0.2, 0.25) is 0 Å². The molecule has 1 aromatic rings. The third-order valence-corrected chi connectivity index (χ3v) is 3.50. The van der Waals surface area contributed by atoms with Crippen molar-refractivity contribution < 1.29 is 9.47 Å². The molecule has 0 spiro atoms. The molecular formula is C16H25NO2. The van der Waals surface area contributed by atoms with Gasteiger partial charge in [-0.1, -0.05) is 12.1 Å². The maximum atomic E-state index is 5.74. The van der Waals surface area contributed by atoms with E-state index in [0.29, 0.717) is 12.6 Å². The van der Waals surface area contributed by atoms with Crippen molar-refractivity contribution in [3.05, 3.63) is 29.8 Å². The molecule has 1 unspecified atom stereocenters. The third-order valence-electron chi connectivity index (χ3n) is 3.50. The van der Waals surface area contributed by atoms with Crippen molar-refractivity contribution in [1.82, 2.24) is 5.32 Å². The molecule has 3 heteroatoms. The molecule has 1 saturated heterocycles. The van der Waals surface area contributed by atoms with Crippen LogP contribution in [0.15, 0.2) is 24.3 Å². The van der Waals surface area contributed by atoms with E-state index in [1.165, 1.54) is 5.56 Å². The molecule has 19 heavy (non-hydrogen) atoms. The maximum Gasteiger partial charge on any atom is 0.119 e. The second-order valence-corrected chi connectivity index (χ2v) is 5.76. The summed E-state index contributed by atoms with van der Waals surface area (Å²) in [5, 5.41) is 3.63. The highest BCUT2D eigenvalue weighted by atomic mass is 16.5. The molecule has 0 amide bonds. The van der Waals surface area contributed by atoms with Gasteiger partial charge in [0, 0.05) is 19.2 Å². The van der Waals surface area contributed by atoms with Crippen LogP contribution in [-0.4, -0.2) is 24.9 Å². The standard InChI is InChI=1S/C16H25NO2/c1-4-18-15-7-5-6-13(10-15)12-17-14-8-9-19-16(2,3)11-14/h5-7,10,14,17H,4,8-9,11-12H2,1-3H3. The molecule has 1 heterocycles. The van der Waals surface area contributed by atoms with Gasteiger partial charge in [0.1, 0.15) is 5.75 Å². The molecule has 1 aromatic carbocycles. The summed E-state index contributed by atoms with van der Waals surface area (Å²) in [5.74, 6) is 0.953. The molecule has 1 aliphatic heterocycles. The fraction of sp³-hybridized carbons (Fsp3) is 0.625. The van der Waals surface area contributed by atoms with Crippen molar-refractivity contribution in [2.24, 2.45) is 0 Å². The van der Waals surface area contributed by atoms with E-state index < -0.39 is 0 Å². The van der Waals surface area contributed by atoms with Crippen LogP contribution >= 0.6 is 0 Å². The molecule has 2 rings (SSSR count). The van der Waals surface area contributed by atoms with Gasteiger partial charge in [-0.05, 0) is 51.3 Å². The van der Waals surface area contributed by atoms with Crippen LogP contribution < -0.4 is 10.1 Å². The number of nitrogens with one attached hydrogen (secondary N) is 1. The predicted molar refractivity (Wildman–Crippen MR) is 77.5 cm³/mol. The Kier molecular flexibility index (Phi) is 4.83. The zero-order valence-corrected chi connectivity index (χ0v) is 12.2.